The van der Waals surface area contributed by atoms with E-state index < -0.39 is 0 Å². The van der Waals surface area contributed by atoms with Gasteiger partial charge in [0.2, 0.25) is 0 Å². The molecule has 6 rings (SSSR count). The number of fused-ring (bicyclic) bond motifs is 4. The Kier molecular flexibility index (Phi) is 6.14. The first-order chi connectivity index (χ1) is 17.4. The monoisotopic (exact) mass is 506 g/mol. The number of thiophene rings is 2. The molecule has 2 heterocycles. The molecule has 0 aliphatic heterocycles. The largest absolute Gasteiger partial charge is 0.141 e. The predicted molar refractivity (Wildman–Crippen MR) is 164 cm³/mol. The molecule has 0 amide bonds. The summed E-state index contributed by atoms with van der Waals surface area (Å²) in [4.78, 5) is 2.92. The van der Waals surface area contributed by atoms with Crippen molar-refractivity contribution >= 4 is 64.4 Å². The van der Waals surface area contributed by atoms with Crippen LogP contribution in [-0.4, -0.2) is 0 Å². The van der Waals surface area contributed by atoms with Gasteiger partial charge in [-0.25, -0.2) is 0 Å². The number of hydrogen-bond acceptors (Lipinski definition) is 2. The average Bonchev–Trinajstić information content (AvgIpc) is 3.44. The maximum absolute atomic E-state index is 2.45. The molecular formula is C34H34S2. The van der Waals surface area contributed by atoms with Crippen LogP contribution in [0.15, 0.2) is 72.8 Å². The Morgan fingerprint density at radius 3 is 1.67 bits per heavy atom. The van der Waals surface area contributed by atoms with E-state index in [-0.39, 0.29) is 0 Å². The van der Waals surface area contributed by atoms with Crippen LogP contribution >= 0.6 is 22.7 Å². The number of rotatable bonds is 6. The second-order valence-electron chi connectivity index (χ2n) is 10.9. The van der Waals surface area contributed by atoms with E-state index in [2.05, 4.69) is 107 Å². The van der Waals surface area contributed by atoms with E-state index in [1.165, 1.54) is 75.4 Å². The van der Waals surface area contributed by atoms with Crippen molar-refractivity contribution in [2.75, 3.05) is 0 Å². The van der Waals surface area contributed by atoms with Gasteiger partial charge in [-0.3, -0.25) is 0 Å². The summed E-state index contributed by atoms with van der Waals surface area (Å²) in [6.07, 6.45) is 2.40. The zero-order valence-corrected chi connectivity index (χ0v) is 23.5. The van der Waals surface area contributed by atoms with Gasteiger partial charge in [-0.15, -0.1) is 22.7 Å². The summed E-state index contributed by atoms with van der Waals surface area (Å²) < 4.78 is 2.84. The van der Waals surface area contributed by atoms with E-state index in [1.807, 2.05) is 22.7 Å². The molecule has 6 aromatic rings. The zero-order valence-electron chi connectivity index (χ0n) is 21.9. The molecule has 182 valence electrons. The SMILES string of the molecule is Cc1cc2cc3sc(C(C)CCC(C)c4c5ccccc5c(C(C)C)c5ccccc45)cc3cc2s1. The highest BCUT2D eigenvalue weighted by molar-refractivity contribution is 7.20. The van der Waals surface area contributed by atoms with Crippen molar-refractivity contribution in [2.45, 2.75) is 65.2 Å². The molecule has 0 aliphatic rings. The lowest BCUT2D eigenvalue weighted by Crippen LogP contribution is -2.02. The molecule has 0 bridgehead atoms. The normalized spacial score (nSPS) is 13.9. The van der Waals surface area contributed by atoms with Crippen molar-refractivity contribution in [2.24, 2.45) is 0 Å². The number of aryl methyl sites for hydroxylation is 1. The van der Waals surface area contributed by atoms with Crippen molar-refractivity contribution in [1.82, 2.24) is 0 Å². The summed E-state index contributed by atoms with van der Waals surface area (Å²) in [7, 11) is 0. The first-order valence-electron chi connectivity index (χ1n) is 13.3. The first-order valence-corrected chi connectivity index (χ1v) is 14.9. The highest BCUT2D eigenvalue weighted by Crippen LogP contribution is 2.43. The minimum Gasteiger partial charge on any atom is -0.141 e. The summed E-state index contributed by atoms with van der Waals surface area (Å²) in [6.45, 7) is 11.7. The standard InChI is InChI=1S/C34H34S2/c1-20(2)33-26-10-6-8-12-28(26)34(29-13-9-7-11-27(29)33)22(4)15-14-21(3)30-17-25-19-31-24(16-23(5)35-31)18-32(25)36-30/h6-13,16-22H,14-15H2,1-5H3. The van der Waals surface area contributed by atoms with Crippen LogP contribution in [0.25, 0.3) is 41.7 Å². The third-order valence-corrected chi connectivity index (χ3v) is 10.2. The third kappa shape index (κ3) is 4.05. The van der Waals surface area contributed by atoms with Crippen molar-refractivity contribution in [3.63, 3.8) is 0 Å². The Balaban J connectivity index is 1.32. The third-order valence-electron chi connectivity index (χ3n) is 7.90. The summed E-state index contributed by atoms with van der Waals surface area (Å²) >= 11 is 3.90. The van der Waals surface area contributed by atoms with Crippen LogP contribution in [0.1, 0.15) is 79.2 Å². The lowest BCUT2D eigenvalue weighted by atomic mass is 9.81. The summed E-state index contributed by atoms with van der Waals surface area (Å²) in [5.74, 6) is 1.57. The fraction of sp³-hybridized carbons (Fsp3) is 0.294. The van der Waals surface area contributed by atoms with Crippen LogP contribution < -0.4 is 0 Å². The Bertz CT molecular complexity index is 1600. The molecule has 36 heavy (non-hydrogen) atoms. The molecule has 2 atom stereocenters. The lowest BCUT2D eigenvalue weighted by Gasteiger charge is -2.23. The molecule has 0 fully saturated rings. The van der Waals surface area contributed by atoms with Crippen molar-refractivity contribution in [1.29, 1.82) is 0 Å². The number of hydrogen-bond donors (Lipinski definition) is 0. The Morgan fingerprint density at radius 1 is 0.583 bits per heavy atom. The molecule has 0 nitrogen and oxygen atoms in total. The molecule has 0 N–H and O–H groups in total. The highest BCUT2D eigenvalue weighted by Gasteiger charge is 2.20. The lowest BCUT2D eigenvalue weighted by molar-refractivity contribution is 0.583. The topological polar surface area (TPSA) is 0 Å². The van der Waals surface area contributed by atoms with Gasteiger partial charge in [0.05, 0.1) is 0 Å². The van der Waals surface area contributed by atoms with Gasteiger partial charge in [-0.2, -0.15) is 0 Å². The second-order valence-corrected chi connectivity index (χ2v) is 13.3. The van der Waals surface area contributed by atoms with Gasteiger partial charge in [0.25, 0.3) is 0 Å². The Hall–Kier alpha value is -2.68. The van der Waals surface area contributed by atoms with Crippen LogP contribution in [0, 0.1) is 6.92 Å². The van der Waals surface area contributed by atoms with E-state index >= 15 is 0 Å². The fourth-order valence-corrected chi connectivity index (χ4v) is 8.24. The maximum atomic E-state index is 2.45. The predicted octanol–water partition coefficient (Wildman–Crippen LogP) is 11.5. The smallest absolute Gasteiger partial charge is 0.0352 e. The minimum atomic E-state index is 0.497. The molecule has 2 aromatic heterocycles. The average molecular weight is 507 g/mol. The molecule has 0 radical (unpaired) electrons. The Morgan fingerprint density at radius 2 is 1.08 bits per heavy atom. The molecule has 0 aliphatic carbocycles. The van der Waals surface area contributed by atoms with Gasteiger partial charge < -0.3 is 0 Å². The van der Waals surface area contributed by atoms with Crippen molar-refractivity contribution < 1.29 is 0 Å². The van der Waals surface area contributed by atoms with Crippen molar-refractivity contribution in [3.05, 3.63) is 93.7 Å². The maximum Gasteiger partial charge on any atom is 0.0352 e. The van der Waals surface area contributed by atoms with Crippen LogP contribution in [-0.2, 0) is 0 Å². The van der Waals surface area contributed by atoms with Gasteiger partial charge in [-0.05, 0) is 105 Å². The molecule has 2 heteroatoms. The molecule has 2 unspecified atom stereocenters. The van der Waals surface area contributed by atoms with Crippen LogP contribution in [0.5, 0.6) is 0 Å². The van der Waals surface area contributed by atoms with E-state index in [1.54, 1.807) is 0 Å². The first kappa shape index (κ1) is 23.7. The van der Waals surface area contributed by atoms with E-state index in [9.17, 15) is 0 Å². The highest BCUT2D eigenvalue weighted by atomic mass is 32.1. The van der Waals surface area contributed by atoms with Crippen LogP contribution in [0.4, 0.5) is 0 Å². The molecular weight excluding hydrogens is 473 g/mol. The van der Waals surface area contributed by atoms with Gasteiger partial charge >= 0.3 is 0 Å². The molecule has 0 saturated carbocycles. The van der Waals surface area contributed by atoms with Gasteiger partial charge in [0.15, 0.2) is 0 Å². The van der Waals surface area contributed by atoms with Crippen LogP contribution in [0.3, 0.4) is 0 Å². The van der Waals surface area contributed by atoms with Gasteiger partial charge in [0.1, 0.15) is 0 Å². The molecule has 0 saturated heterocycles. The van der Waals surface area contributed by atoms with E-state index in [0.717, 1.165) is 0 Å². The molecule has 4 aromatic carbocycles. The van der Waals surface area contributed by atoms with E-state index in [0.29, 0.717) is 17.8 Å². The quantitative estimate of drug-likeness (QED) is 0.197. The summed E-state index contributed by atoms with van der Waals surface area (Å²) in [5.41, 5.74) is 3.02. The molecule has 0 spiro atoms. The Labute approximate surface area is 222 Å². The van der Waals surface area contributed by atoms with Gasteiger partial charge in [0, 0.05) is 19.2 Å². The summed E-state index contributed by atoms with van der Waals surface area (Å²) in [6, 6.07) is 27.8. The minimum absolute atomic E-state index is 0.497. The summed E-state index contributed by atoms with van der Waals surface area (Å²) in [5, 5.41) is 8.55. The van der Waals surface area contributed by atoms with Crippen molar-refractivity contribution in [3.8, 4) is 0 Å². The van der Waals surface area contributed by atoms with Crippen LogP contribution in [0.2, 0.25) is 0 Å². The zero-order chi connectivity index (χ0) is 25.0. The van der Waals surface area contributed by atoms with Gasteiger partial charge in [-0.1, -0.05) is 76.2 Å². The second kappa shape index (κ2) is 9.32. The number of benzene rings is 4. The fourth-order valence-electron chi connectivity index (χ4n) is 6.10. The van der Waals surface area contributed by atoms with E-state index in [4.69, 9.17) is 0 Å².